The lowest BCUT2D eigenvalue weighted by Crippen LogP contribution is -1.98. The summed E-state index contributed by atoms with van der Waals surface area (Å²) in [6.45, 7) is 1.88. The van der Waals surface area contributed by atoms with Crippen molar-refractivity contribution in [3.05, 3.63) is 58.7 Å². The van der Waals surface area contributed by atoms with Crippen molar-refractivity contribution >= 4 is 0 Å². The summed E-state index contributed by atoms with van der Waals surface area (Å²) in [4.78, 5) is 0. The monoisotopic (exact) mass is 240 g/mol. The highest BCUT2D eigenvalue weighted by Crippen LogP contribution is 2.45. The van der Waals surface area contributed by atoms with Gasteiger partial charge in [0, 0.05) is 5.92 Å². The number of benzene rings is 2. The molecule has 2 N–H and O–H groups in total. The Labute approximate surface area is 107 Å². The van der Waals surface area contributed by atoms with Crippen molar-refractivity contribution < 1.29 is 10.2 Å². The summed E-state index contributed by atoms with van der Waals surface area (Å²) in [6, 6.07) is 12.1. The van der Waals surface area contributed by atoms with Gasteiger partial charge in [-0.1, -0.05) is 30.3 Å². The van der Waals surface area contributed by atoms with Crippen LogP contribution in [0.2, 0.25) is 0 Å². The first-order valence-corrected chi connectivity index (χ1v) is 6.27. The third-order valence-electron chi connectivity index (χ3n) is 3.91. The minimum atomic E-state index is -0.0000355. The molecule has 2 nitrogen and oxygen atoms in total. The van der Waals surface area contributed by atoms with Gasteiger partial charge < -0.3 is 10.2 Å². The van der Waals surface area contributed by atoms with E-state index >= 15 is 0 Å². The number of rotatable bonds is 1. The molecule has 0 radical (unpaired) electrons. The molecule has 0 saturated carbocycles. The molecule has 1 aliphatic carbocycles. The molecule has 0 heterocycles. The molecule has 1 unspecified atom stereocenters. The van der Waals surface area contributed by atoms with E-state index in [0.717, 1.165) is 24.0 Å². The molecule has 0 aromatic heterocycles. The van der Waals surface area contributed by atoms with Crippen LogP contribution < -0.4 is 0 Å². The van der Waals surface area contributed by atoms with Crippen molar-refractivity contribution in [3.8, 4) is 11.5 Å². The molecule has 92 valence electrons. The van der Waals surface area contributed by atoms with Gasteiger partial charge in [-0.2, -0.15) is 0 Å². The van der Waals surface area contributed by atoms with E-state index in [-0.39, 0.29) is 11.5 Å². The lowest BCUT2D eigenvalue weighted by molar-refractivity contribution is 0.400. The molecule has 2 heteroatoms. The Morgan fingerprint density at radius 2 is 1.83 bits per heavy atom. The number of hydrogen-bond acceptors (Lipinski definition) is 2. The minimum absolute atomic E-state index is 0.0000355. The van der Waals surface area contributed by atoms with Gasteiger partial charge in [0.15, 0.2) is 11.5 Å². The minimum Gasteiger partial charge on any atom is -0.504 e. The summed E-state index contributed by atoms with van der Waals surface area (Å²) in [7, 11) is 0. The molecule has 0 bridgehead atoms. The molecule has 0 amide bonds. The maximum absolute atomic E-state index is 9.89. The first kappa shape index (κ1) is 11.1. The van der Waals surface area contributed by atoms with Gasteiger partial charge in [0.2, 0.25) is 0 Å². The summed E-state index contributed by atoms with van der Waals surface area (Å²) in [5, 5.41) is 19.6. The normalized spacial score (nSPS) is 17.7. The van der Waals surface area contributed by atoms with Crippen molar-refractivity contribution in [1.82, 2.24) is 0 Å². The summed E-state index contributed by atoms with van der Waals surface area (Å²) in [5.74, 6) is 0.365. The van der Waals surface area contributed by atoms with Crippen LogP contribution in [0.3, 0.4) is 0 Å². The smallest absolute Gasteiger partial charge is 0.160 e. The number of phenolic OH excluding ortho intramolecular Hbond substituents is 2. The van der Waals surface area contributed by atoms with E-state index in [9.17, 15) is 10.2 Å². The van der Waals surface area contributed by atoms with Gasteiger partial charge in [0.25, 0.3) is 0 Å². The van der Waals surface area contributed by atoms with Gasteiger partial charge in [0.05, 0.1) is 0 Å². The Morgan fingerprint density at radius 3 is 2.56 bits per heavy atom. The van der Waals surface area contributed by atoms with E-state index in [1.165, 1.54) is 11.1 Å². The zero-order valence-corrected chi connectivity index (χ0v) is 10.4. The van der Waals surface area contributed by atoms with Gasteiger partial charge in [-0.05, 0) is 48.1 Å². The van der Waals surface area contributed by atoms with Crippen LogP contribution >= 0.6 is 0 Å². The fourth-order valence-corrected chi connectivity index (χ4v) is 3.03. The van der Waals surface area contributed by atoms with E-state index in [1.54, 1.807) is 6.07 Å². The topological polar surface area (TPSA) is 40.5 Å². The largest absolute Gasteiger partial charge is 0.504 e. The third kappa shape index (κ3) is 1.57. The Kier molecular flexibility index (Phi) is 2.51. The molecule has 0 saturated heterocycles. The first-order chi connectivity index (χ1) is 8.68. The van der Waals surface area contributed by atoms with Crippen LogP contribution in [0.1, 0.15) is 34.6 Å². The van der Waals surface area contributed by atoms with Crippen LogP contribution in [0.5, 0.6) is 11.5 Å². The lowest BCUT2D eigenvalue weighted by Gasteiger charge is -2.16. The maximum atomic E-state index is 9.89. The van der Waals surface area contributed by atoms with E-state index in [4.69, 9.17) is 0 Å². The summed E-state index contributed by atoms with van der Waals surface area (Å²) < 4.78 is 0. The number of aryl methyl sites for hydroxylation is 1. The Hall–Kier alpha value is -1.96. The Bertz CT molecular complexity index is 588. The predicted molar refractivity (Wildman–Crippen MR) is 71.1 cm³/mol. The summed E-state index contributed by atoms with van der Waals surface area (Å²) >= 11 is 0. The highest BCUT2D eigenvalue weighted by molar-refractivity contribution is 5.57. The zero-order chi connectivity index (χ0) is 12.7. The highest BCUT2D eigenvalue weighted by Gasteiger charge is 2.28. The van der Waals surface area contributed by atoms with Crippen molar-refractivity contribution in [3.63, 3.8) is 0 Å². The van der Waals surface area contributed by atoms with Crippen molar-refractivity contribution in [2.75, 3.05) is 0 Å². The molecule has 2 aromatic carbocycles. The highest BCUT2D eigenvalue weighted by atomic mass is 16.3. The fourth-order valence-electron chi connectivity index (χ4n) is 3.03. The molecule has 0 spiro atoms. The molecular formula is C16H16O2. The molecule has 18 heavy (non-hydrogen) atoms. The zero-order valence-electron chi connectivity index (χ0n) is 10.4. The van der Waals surface area contributed by atoms with Gasteiger partial charge >= 0.3 is 0 Å². The SMILES string of the molecule is Cc1c(O)c(O)cc2c1C(c1ccccc1)CC2. The second kappa shape index (κ2) is 4.05. The molecule has 1 atom stereocenters. The number of phenols is 2. The second-order valence-electron chi connectivity index (χ2n) is 4.94. The van der Waals surface area contributed by atoms with E-state index in [0.29, 0.717) is 5.92 Å². The standard InChI is InChI=1S/C16H16O2/c1-10-15-12(9-14(17)16(10)18)7-8-13(15)11-5-3-2-4-6-11/h2-6,9,13,17-18H,7-8H2,1H3. The molecule has 2 aromatic rings. The predicted octanol–water partition coefficient (Wildman–Crippen LogP) is 3.48. The van der Waals surface area contributed by atoms with E-state index < -0.39 is 0 Å². The van der Waals surface area contributed by atoms with Gasteiger partial charge in [-0.3, -0.25) is 0 Å². The number of fused-ring (bicyclic) bond motifs is 1. The Morgan fingerprint density at radius 1 is 1.11 bits per heavy atom. The average molecular weight is 240 g/mol. The van der Waals surface area contributed by atoms with Crippen LogP contribution in [0.25, 0.3) is 0 Å². The number of hydrogen-bond donors (Lipinski definition) is 2. The van der Waals surface area contributed by atoms with E-state index in [1.807, 2.05) is 25.1 Å². The third-order valence-corrected chi connectivity index (χ3v) is 3.91. The Balaban J connectivity index is 2.15. The molecule has 0 aliphatic heterocycles. The van der Waals surface area contributed by atoms with Crippen LogP contribution in [0.4, 0.5) is 0 Å². The molecule has 3 rings (SSSR count). The molecule has 0 fully saturated rings. The van der Waals surface area contributed by atoms with Crippen LogP contribution in [-0.2, 0) is 6.42 Å². The van der Waals surface area contributed by atoms with Gasteiger partial charge in [-0.25, -0.2) is 0 Å². The van der Waals surface area contributed by atoms with E-state index in [2.05, 4.69) is 12.1 Å². The quantitative estimate of drug-likeness (QED) is 0.749. The average Bonchev–Trinajstić information content (AvgIpc) is 2.81. The maximum Gasteiger partial charge on any atom is 0.160 e. The van der Waals surface area contributed by atoms with Crippen LogP contribution in [0.15, 0.2) is 36.4 Å². The second-order valence-corrected chi connectivity index (χ2v) is 4.94. The molecule has 1 aliphatic rings. The summed E-state index contributed by atoms with van der Waals surface area (Å²) in [6.07, 6.45) is 2.01. The fraction of sp³-hybridized carbons (Fsp3) is 0.250. The van der Waals surface area contributed by atoms with Crippen LogP contribution in [-0.4, -0.2) is 10.2 Å². The summed E-state index contributed by atoms with van der Waals surface area (Å²) in [5.41, 5.74) is 4.45. The first-order valence-electron chi connectivity index (χ1n) is 6.27. The van der Waals surface area contributed by atoms with Crippen molar-refractivity contribution in [1.29, 1.82) is 0 Å². The van der Waals surface area contributed by atoms with Crippen molar-refractivity contribution in [2.24, 2.45) is 0 Å². The van der Waals surface area contributed by atoms with Crippen molar-refractivity contribution in [2.45, 2.75) is 25.7 Å². The van der Waals surface area contributed by atoms with Gasteiger partial charge in [0.1, 0.15) is 0 Å². The van der Waals surface area contributed by atoms with Gasteiger partial charge in [-0.15, -0.1) is 0 Å². The lowest BCUT2D eigenvalue weighted by atomic mass is 9.89. The van der Waals surface area contributed by atoms with Crippen LogP contribution in [0, 0.1) is 6.92 Å². The number of aromatic hydroxyl groups is 2. The molecular weight excluding hydrogens is 224 g/mol.